The zero-order valence-electron chi connectivity index (χ0n) is 14.6. The third-order valence-corrected chi connectivity index (χ3v) is 2.75. The van der Waals surface area contributed by atoms with Crippen molar-refractivity contribution in [3.63, 3.8) is 0 Å². The molecule has 0 saturated carbocycles. The normalized spacial score (nSPS) is 13.3. The fourth-order valence-corrected chi connectivity index (χ4v) is 1.60. The number of thiol groups is 1. The molecule has 1 aromatic carbocycles. The van der Waals surface area contributed by atoms with E-state index in [1.807, 2.05) is 0 Å². The molecular weight excluding hydrogens is 391 g/mol. The van der Waals surface area contributed by atoms with E-state index in [1.54, 1.807) is 0 Å². The number of rotatable bonds is 0. The summed E-state index contributed by atoms with van der Waals surface area (Å²) in [5.41, 5.74) is 1.82. The van der Waals surface area contributed by atoms with Crippen molar-refractivity contribution in [2.24, 2.45) is 0 Å². The molecule has 2 aliphatic rings. The maximum atomic E-state index is 11.8. The molecule has 1 nitrogen and oxygen atoms in total. The molecule has 0 N–H and O–H groups in total. The summed E-state index contributed by atoms with van der Waals surface area (Å²) in [6.07, 6.45) is 12.4. The maximum absolute atomic E-state index is 11.8. The molecule has 0 atom stereocenters. The number of hydrogen-bond donors (Lipinski definition) is 1. The number of benzene rings is 1. The van der Waals surface area contributed by atoms with E-state index in [1.165, 1.54) is 34.7 Å². The Morgan fingerprint density at radius 2 is 1.50 bits per heavy atom. The van der Waals surface area contributed by atoms with Gasteiger partial charge in [0.15, 0.2) is 0 Å². The Bertz CT molecular complexity index is 620. The molecule has 0 unspecified atom stereocenters. The van der Waals surface area contributed by atoms with Gasteiger partial charge in [0.25, 0.3) is 0 Å². The molecule has 0 aliphatic heterocycles. The van der Waals surface area contributed by atoms with Crippen molar-refractivity contribution in [1.29, 1.82) is 5.26 Å². The van der Waals surface area contributed by atoms with Crippen LogP contribution in [0.4, 0.5) is 13.2 Å². The molecule has 135 valence electrons. The van der Waals surface area contributed by atoms with Crippen LogP contribution in [0.3, 0.4) is 0 Å². The van der Waals surface area contributed by atoms with Gasteiger partial charge in [0.05, 0.1) is 0 Å². The van der Waals surface area contributed by atoms with Crippen LogP contribution in [-0.4, -0.2) is 0 Å². The van der Waals surface area contributed by atoms with Crippen molar-refractivity contribution in [2.45, 2.75) is 32.9 Å². The van der Waals surface area contributed by atoms with Crippen molar-refractivity contribution in [2.75, 3.05) is 0 Å². The minimum absolute atomic E-state index is 0. The summed E-state index contributed by atoms with van der Waals surface area (Å²) in [4.78, 5) is 0. The maximum Gasteiger partial charge on any atom is 3.00 e. The summed E-state index contributed by atoms with van der Waals surface area (Å²) in [6.45, 7) is 4.12. The topological polar surface area (TPSA) is 23.8 Å². The van der Waals surface area contributed by atoms with E-state index in [-0.39, 0.29) is 21.7 Å². The number of thiocyanates is 1. The van der Waals surface area contributed by atoms with Crippen molar-refractivity contribution >= 4 is 12.6 Å². The Labute approximate surface area is 174 Å². The minimum Gasteiger partial charge on any atom is -0.270 e. The largest absolute Gasteiger partial charge is 3.00 e. The summed E-state index contributed by atoms with van der Waals surface area (Å²) in [7, 11) is 0. The molecule has 0 aromatic heterocycles. The third-order valence-electron chi connectivity index (χ3n) is 2.75. The smallest absolute Gasteiger partial charge is 0.270 e. The van der Waals surface area contributed by atoms with Gasteiger partial charge in [-0.2, -0.15) is 60.9 Å². The number of alkyl halides is 3. The summed E-state index contributed by atoms with van der Waals surface area (Å²) in [5.74, 6) is 0. The van der Waals surface area contributed by atoms with Crippen LogP contribution in [-0.2, 0) is 27.9 Å². The van der Waals surface area contributed by atoms with Crippen molar-refractivity contribution in [1.82, 2.24) is 0 Å². The van der Waals surface area contributed by atoms with E-state index in [9.17, 15) is 13.2 Å². The van der Waals surface area contributed by atoms with Gasteiger partial charge in [0, 0.05) is 0 Å². The third kappa shape index (κ3) is 14.8. The number of nitrogens with zero attached hydrogens (tertiary/aromatic N) is 1. The molecule has 26 heavy (non-hydrogen) atoms. The predicted molar refractivity (Wildman–Crippen MR) is 97.3 cm³/mol. The van der Waals surface area contributed by atoms with Crippen molar-refractivity contribution in [3.8, 4) is 5.40 Å². The summed E-state index contributed by atoms with van der Waals surface area (Å²) >= 11 is 3.09. The number of nitriles is 1. The minimum atomic E-state index is -4.26. The molecule has 1 aromatic rings. The SMILES string of the molecule is CC1=[C-]CC=C1.CC1=[C-]CC=C1.FC(F)(F)c1[c-]cccc1.N#CS.[Ti+3]. The second-order valence-corrected chi connectivity index (χ2v) is 5.01. The molecule has 6 heteroatoms. The van der Waals surface area contributed by atoms with Gasteiger partial charge in [-0.1, -0.05) is 32.0 Å². The van der Waals surface area contributed by atoms with Gasteiger partial charge in [-0.15, -0.1) is 12.8 Å². The van der Waals surface area contributed by atoms with E-state index in [4.69, 9.17) is 5.26 Å². The van der Waals surface area contributed by atoms with E-state index >= 15 is 0 Å². The molecule has 0 bridgehead atoms. The average molecular weight is 410 g/mol. The van der Waals surface area contributed by atoms with Crippen LogP contribution in [0.5, 0.6) is 0 Å². The second kappa shape index (κ2) is 15.8. The van der Waals surface area contributed by atoms with Crippen LogP contribution >= 0.6 is 12.6 Å². The number of allylic oxidation sites excluding steroid dienone is 8. The fraction of sp³-hybridized carbons (Fsp3) is 0.250. The Balaban J connectivity index is 0. The monoisotopic (exact) mass is 410 g/mol. The molecule has 0 fully saturated rings. The van der Waals surface area contributed by atoms with E-state index in [2.05, 4.69) is 69.0 Å². The van der Waals surface area contributed by atoms with Gasteiger partial charge in [-0.3, -0.25) is 12.2 Å². The first-order valence-corrected chi connectivity index (χ1v) is 7.81. The zero-order chi connectivity index (χ0) is 19.1. The Hall–Kier alpha value is -1.48. The molecule has 1 radical (unpaired) electrons. The first-order valence-electron chi connectivity index (χ1n) is 7.36. The standard InChI is InChI=1S/C7H4F3.2C6H7.CHNS.Ti/c8-7(9,10)6-4-2-1-3-5-6;2*1-6-4-2-3-5-6;2-1-3;/h1-4H;2*2,4H,3H2,1H3;3H;/q3*-1;;+3. The molecule has 2 aliphatic carbocycles. The quantitative estimate of drug-likeness (QED) is 0.231. The summed E-state index contributed by atoms with van der Waals surface area (Å²) in [6, 6.07) is 7.14. The van der Waals surface area contributed by atoms with E-state index in [0.717, 1.165) is 18.9 Å². The Morgan fingerprint density at radius 1 is 1.04 bits per heavy atom. The Kier molecular flexibility index (Phi) is 16.2. The second-order valence-electron chi connectivity index (χ2n) is 4.81. The first kappa shape index (κ1) is 26.8. The first-order chi connectivity index (χ1) is 11.8. The molecular formula is C20H19F3NSTi. The Morgan fingerprint density at radius 3 is 1.65 bits per heavy atom. The van der Waals surface area contributed by atoms with Crippen LogP contribution in [0.15, 0.2) is 59.7 Å². The molecule has 3 rings (SSSR count). The zero-order valence-corrected chi connectivity index (χ0v) is 17.0. The summed E-state index contributed by atoms with van der Waals surface area (Å²) < 4.78 is 35.3. The van der Waals surface area contributed by atoms with Crippen LogP contribution in [0.25, 0.3) is 0 Å². The van der Waals surface area contributed by atoms with Gasteiger partial charge in [-0.25, -0.2) is 23.3 Å². The molecule has 0 amide bonds. The molecule has 0 heterocycles. The predicted octanol–water partition coefficient (Wildman–Crippen LogP) is 6.29. The van der Waals surface area contributed by atoms with Crippen LogP contribution in [0, 0.1) is 28.9 Å². The van der Waals surface area contributed by atoms with Gasteiger partial charge in [-0.05, 0) is 0 Å². The van der Waals surface area contributed by atoms with Crippen LogP contribution in [0.2, 0.25) is 0 Å². The molecule has 0 spiro atoms. The van der Waals surface area contributed by atoms with E-state index < -0.39 is 11.7 Å². The molecule has 0 saturated heterocycles. The van der Waals surface area contributed by atoms with Gasteiger partial charge >= 0.3 is 27.9 Å². The van der Waals surface area contributed by atoms with Crippen LogP contribution < -0.4 is 0 Å². The van der Waals surface area contributed by atoms with Crippen molar-refractivity contribution in [3.05, 3.63) is 83.5 Å². The number of halogens is 3. The van der Waals surface area contributed by atoms with Gasteiger partial charge < -0.3 is 0 Å². The fourth-order valence-electron chi connectivity index (χ4n) is 1.60. The number of hydrogen-bond acceptors (Lipinski definition) is 2. The average Bonchev–Trinajstić information content (AvgIpc) is 3.23. The summed E-state index contributed by atoms with van der Waals surface area (Å²) in [5, 5.41) is 8.63. The van der Waals surface area contributed by atoms with Gasteiger partial charge in [0.2, 0.25) is 0 Å². The van der Waals surface area contributed by atoms with Crippen LogP contribution in [0.1, 0.15) is 32.3 Å². The van der Waals surface area contributed by atoms with Crippen molar-refractivity contribution < 1.29 is 34.9 Å². The van der Waals surface area contributed by atoms with Gasteiger partial charge in [0.1, 0.15) is 5.40 Å². The van der Waals surface area contributed by atoms with E-state index in [0.29, 0.717) is 0 Å².